The van der Waals surface area contributed by atoms with E-state index in [1.807, 2.05) is 31.2 Å². The summed E-state index contributed by atoms with van der Waals surface area (Å²) >= 11 is 0. The Kier molecular flexibility index (Phi) is 6.47. The van der Waals surface area contributed by atoms with Crippen molar-refractivity contribution in [1.82, 2.24) is 10.3 Å². The zero-order valence-electron chi connectivity index (χ0n) is 11.0. The van der Waals surface area contributed by atoms with Crippen molar-refractivity contribution in [3.8, 4) is 0 Å². The Hall–Kier alpha value is -1.90. The van der Waals surface area contributed by atoms with E-state index in [-0.39, 0.29) is 5.91 Å². The Labute approximate surface area is 109 Å². The predicted molar refractivity (Wildman–Crippen MR) is 74.1 cm³/mol. The summed E-state index contributed by atoms with van der Waals surface area (Å²) in [5.74, 6) is 0.0196. The van der Waals surface area contributed by atoms with Crippen LogP contribution in [0, 0.1) is 0 Å². The van der Waals surface area contributed by atoms with Gasteiger partial charge in [0, 0.05) is 18.9 Å². The lowest BCUT2D eigenvalue weighted by Gasteiger charge is -2.02. The van der Waals surface area contributed by atoms with E-state index >= 15 is 0 Å². The van der Waals surface area contributed by atoms with Gasteiger partial charge >= 0.3 is 0 Å². The van der Waals surface area contributed by atoms with E-state index in [0.717, 1.165) is 12.0 Å². The summed E-state index contributed by atoms with van der Waals surface area (Å²) < 4.78 is 0. The van der Waals surface area contributed by atoms with E-state index in [1.165, 1.54) is 5.57 Å². The Morgan fingerprint density at radius 1 is 1.50 bits per heavy atom. The second-order valence-electron chi connectivity index (χ2n) is 3.96. The molecule has 0 bridgehead atoms. The van der Waals surface area contributed by atoms with Crippen LogP contribution in [0.2, 0.25) is 0 Å². The molecule has 0 saturated carbocycles. The van der Waals surface area contributed by atoms with Gasteiger partial charge in [0.25, 0.3) is 0 Å². The second-order valence-corrected chi connectivity index (χ2v) is 3.96. The number of allylic oxidation sites excluding steroid dienone is 3. The Morgan fingerprint density at radius 3 is 2.94 bits per heavy atom. The molecule has 96 valence electrons. The van der Waals surface area contributed by atoms with Crippen LogP contribution in [-0.2, 0) is 11.2 Å². The molecular formula is C15H20N2O. The lowest BCUT2D eigenvalue weighted by molar-refractivity contribution is -0.120. The summed E-state index contributed by atoms with van der Waals surface area (Å²) in [4.78, 5) is 15.6. The highest BCUT2D eigenvalue weighted by Gasteiger charge is 2.00. The zero-order chi connectivity index (χ0) is 13.2. The predicted octanol–water partition coefficient (Wildman–Crippen LogP) is 2.65. The highest BCUT2D eigenvalue weighted by molar-refractivity contribution is 5.78. The summed E-state index contributed by atoms with van der Waals surface area (Å²) in [6.45, 7) is 4.70. The third-order valence-electron chi connectivity index (χ3n) is 2.62. The van der Waals surface area contributed by atoms with Crippen molar-refractivity contribution in [2.24, 2.45) is 0 Å². The first-order valence-electron chi connectivity index (χ1n) is 6.23. The highest BCUT2D eigenvalue weighted by Crippen LogP contribution is 2.01. The molecule has 0 aliphatic heterocycles. The summed E-state index contributed by atoms with van der Waals surface area (Å²) in [7, 11) is 0. The molecule has 0 fully saturated rings. The van der Waals surface area contributed by atoms with Gasteiger partial charge < -0.3 is 5.32 Å². The number of pyridine rings is 1. The fourth-order valence-corrected chi connectivity index (χ4v) is 1.55. The van der Waals surface area contributed by atoms with E-state index in [1.54, 1.807) is 12.4 Å². The normalized spacial score (nSPS) is 11.8. The number of amides is 1. The summed E-state index contributed by atoms with van der Waals surface area (Å²) in [6.07, 6.45) is 10.9. The van der Waals surface area contributed by atoms with Crippen molar-refractivity contribution >= 4 is 5.91 Å². The van der Waals surface area contributed by atoms with Gasteiger partial charge in [-0.3, -0.25) is 9.78 Å². The fraction of sp³-hybridized carbons (Fsp3) is 0.333. The van der Waals surface area contributed by atoms with E-state index in [9.17, 15) is 4.79 Å². The molecule has 1 rings (SSSR count). The quantitative estimate of drug-likeness (QED) is 0.782. The minimum Gasteiger partial charge on any atom is -0.352 e. The third-order valence-corrected chi connectivity index (χ3v) is 2.62. The average Bonchev–Trinajstić information content (AvgIpc) is 2.40. The van der Waals surface area contributed by atoms with Gasteiger partial charge in [-0.25, -0.2) is 0 Å². The first kappa shape index (κ1) is 14.2. The van der Waals surface area contributed by atoms with Crippen LogP contribution in [0.25, 0.3) is 0 Å². The fourth-order valence-electron chi connectivity index (χ4n) is 1.55. The molecule has 3 nitrogen and oxygen atoms in total. The van der Waals surface area contributed by atoms with Crippen molar-refractivity contribution in [3.63, 3.8) is 0 Å². The third kappa shape index (κ3) is 5.43. The minimum atomic E-state index is 0.0196. The Morgan fingerprint density at radius 2 is 2.33 bits per heavy atom. The molecule has 1 heterocycles. The van der Waals surface area contributed by atoms with Crippen molar-refractivity contribution in [3.05, 3.63) is 53.9 Å². The second kappa shape index (κ2) is 8.23. The molecule has 0 atom stereocenters. The molecule has 0 saturated heterocycles. The minimum absolute atomic E-state index is 0.0196. The number of nitrogens with one attached hydrogen (secondary N) is 1. The van der Waals surface area contributed by atoms with Crippen LogP contribution in [0.15, 0.2) is 48.3 Å². The van der Waals surface area contributed by atoms with Gasteiger partial charge in [0.1, 0.15) is 0 Å². The van der Waals surface area contributed by atoms with Crippen LogP contribution in [0.1, 0.15) is 25.8 Å². The van der Waals surface area contributed by atoms with E-state index in [4.69, 9.17) is 0 Å². The van der Waals surface area contributed by atoms with Crippen molar-refractivity contribution in [2.45, 2.75) is 26.7 Å². The maximum Gasteiger partial charge on any atom is 0.224 e. The van der Waals surface area contributed by atoms with Gasteiger partial charge in [-0.15, -0.1) is 0 Å². The number of carbonyl (C=O) groups excluding carboxylic acids is 1. The molecule has 0 aromatic carbocycles. The van der Waals surface area contributed by atoms with Crippen LogP contribution >= 0.6 is 0 Å². The van der Waals surface area contributed by atoms with E-state index in [0.29, 0.717) is 13.0 Å². The standard InChI is InChI=1S/C15H20N2O/c1-3-13(4-2)7-6-10-17-15(18)11-14-8-5-9-16-12-14/h3,5-9,12H,4,10-11H2,1-2H3,(H,17,18)/b7-6-,13-3+. The molecule has 0 spiro atoms. The molecule has 3 heteroatoms. The van der Waals surface area contributed by atoms with Crippen LogP contribution in [-0.4, -0.2) is 17.4 Å². The molecule has 0 aliphatic rings. The largest absolute Gasteiger partial charge is 0.352 e. The maximum atomic E-state index is 11.6. The van der Waals surface area contributed by atoms with Crippen LogP contribution in [0.5, 0.6) is 0 Å². The Bertz CT molecular complexity index is 421. The number of hydrogen-bond acceptors (Lipinski definition) is 2. The van der Waals surface area contributed by atoms with Gasteiger partial charge in [-0.05, 0) is 25.0 Å². The molecule has 1 aromatic rings. The van der Waals surface area contributed by atoms with Gasteiger partial charge in [0.2, 0.25) is 5.91 Å². The average molecular weight is 244 g/mol. The number of hydrogen-bond donors (Lipinski definition) is 1. The smallest absolute Gasteiger partial charge is 0.224 e. The van der Waals surface area contributed by atoms with Gasteiger partial charge in [-0.1, -0.05) is 36.8 Å². The topological polar surface area (TPSA) is 42.0 Å². The molecular weight excluding hydrogens is 224 g/mol. The molecule has 18 heavy (non-hydrogen) atoms. The zero-order valence-corrected chi connectivity index (χ0v) is 11.0. The SMILES string of the molecule is C/C=C(/C=C\CNC(=O)Cc1cccnc1)CC. The molecule has 0 radical (unpaired) electrons. The summed E-state index contributed by atoms with van der Waals surface area (Å²) in [5, 5.41) is 2.85. The monoisotopic (exact) mass is 244 g/mol. The lowest BCUT2D eigenvalue weighted by Crippen LogP contribution is -2.25. The molecule has 1 amide bonds. The number of rotatable bonds is 6. The molecule has 0 aliphatic carbocycles. The summed E-state index contributed by atoms with van der Waals surface area (Å²) in [5.41, 5.74) is 2.21. The molecule has 0 unspecified atom stereocenters. The van der Waals surface area contributed by atoms with Crippen LogP contribution < -0.4 is 5.32 Å². The first-order valence-corrected chi connectivity index (χ1v) is 6.23. The number of aromatic nitrogens is 1. The Balaban J connectivity index is 2.30. The van der Waals surface area contributed by atoms with Gasteiger partial charge in [-0.2, -0.15) is 0 Å². The lowest BCUT2D eigenvalue weighted by atomic mass is 10.2. The van der Waals surface area contributed by atoms with E-state index < -0.39 is 0 Å². The first-order chi connectivity index (χ1) is 8.76. The van der Waals surface area contributed by atoms with Crippen molar-refractivity contribution < 1.29 is 4.79 Å². The van der Waals surface area contributed by atoms with E-state index in [2.05, 4.69) is 23.3 Å². The maximum absolute atomic E-state index is 11.6. The van der Waals surface area contributed by atoms with Crippen molar-refractivity contribution in [1.29, 1.82) is 0 Å². The number of carbonyl (C=O) groups is 1. The molecule has 1 aromatic heterocycles. The number of nitrogens with zero attached hydrogens (tertiary/aromatic N) is 1. The van der Waals surface area contributed by atoms with Crippen molar-refractivity contribution in [2.75, 3.05) is 6.54 Å². The molecule has 1 N–H and O–H groups in total. The van der Waals surface area contributed by atoms with Gasteiger partial charge in [0.05, 0.1) is 6.42 Å². The summed E-state index contributed by atoms with van der Waals surface area (Å²) in [6, 6.07) is 3.74. The van der Waals surface area contributed by atoms with Crippen LogP contribution in [0.3, 0.4) is 0 Å². The highest BCUT2D eigenvalue weighted by atomic mass is 16.1. The van der Waals surface area contributed by atoms with Gasteiger partial charge in [0.15, 0.2) is 0 Å². The van der Waals surface area contributed by atoms with Crippen LogP contribution in [0.4, 0.5) is 0 Å².